The number of amides is 3. The molecule has 0 radical (unpaired) electrons. The van der Waals surface area contributed by atoms with Crippen molar-refractivity contribution in [3.05, 3.63) is 22.6 Å². The van der Waals surface area contributed by atoms with Gasteiger partial charge in [0, 0.05) is 5.54 Å². The SMILES string of the molecule is O=C(COC(=O)c1ccc(Br)o1)NC(=O)NC12CC3CC(CC(C3)C1)C2. The first kappa shape index (κ1) is 17.6. The molecule has 1 aromatic heterocycles. The molecule has 0 unspecified atom stereocenters. The van der Waals surface area contributed by atoms with Crippen molar-refractivity contribution in [1.29, 1.82) is 0 Å². The van der Waals surface area contributed by atoms with Gasteiger partial charge in [-0.15, -0.1) is 0 Å². The quantitative estimate of drug-likeness (QED) is 0.723. The third-order valence-electron chi connectivity index (χ3n) is 5.78. The summed E-state index contributed by atoms with van der Waals surface area (Å²) in [6.07, 6.45) is 6.84. The zero-order chi connectivity index (χ0) is 18.3. The van der Waals surface area contributed by atoms with E-state index >= 15 is 0 Å². The molecule has 0 aromatic carbocycles. The van der Waals surface area contributed by atoms with Crippen molar-refractivity contribution in [3.8, 4) is 0 Å². The van der Waals surface area contributed by atoms with E-state index in [9.17, 15) is 14.4 Å². The number of carbonyl (C=O) groups is 3. The van der Waals surface area contributed by atoms with E-state index in [2.05, 4.69) is 26.6 Å². The van der Waals surface area contributed by atoms with Crippen LogP contribution in [0.1, 0.15) is 49.1 Å². The van der Waals surface area contributed by atoms with E-state index in [0.717, 1.165) is 19.3 Å². The highest BCUT2D eigenvalue weighted by atomic mass is 79.9. The lowest BCUT2D eigenvalue weighted by Gasteiger charge is -2.56. The average molecular weight is 425 g/mol. The molecule has 140 valence electrons. The Labute approximate surface area is 159 Å². The highest BCUT2D eigenvalue weighted by Gasteiger charge is 2.51. The number of halogens is 1. The van der Waals surface area contributed by atoms with Crippen molar-refractivity contribution in [2.24, 2.45) is 17.8 Å². The van der Waals surface area contributed by atoms with Gasteiger partial charge in [0.05, 0.1) is 0 Å². The number of urea groups is 1. The Kier molecular flexibility index (Phi) is 4.54. The Balaban J connectivity index is 1.26. The molecule has 3 amide bonds. The lowest BCUT2D eigenvalue weighted by Crippen LogP contribution is -2.62. The van der Waals surface area contributed by atoms with Crippen LogP contribution >= 0.6 is 15.9 Å². The van der Waals surface area contributed by atoms with Gasteiger partial charge in [0.2, 0.25) is 5.76 Å². The molecular formula is C18H21BrN2O5. The lowest BCUT2D eigenvalue weighted by molar-refractivity contribution is -0.123. The first-order chi connectivity index (χ1) is 12.4. The standard InChI is InChI=1S/C18H21BrN2O5/c19-14-2-1-13(26-14)16(23)25-9-15(22)20-17(24)21-18-6-10-3-11(7-18)5-12(4-10)8-18/h1-2,10-12H,3-9H2,(H2,20,21,22,24). The van der Waals surface area contributed by atoms with Crippen LogP contribution in [0.2, 0.25) is 0 Å². The monoisotopic (exact) mass is 424 g/mol. The van der Waals surface area contributed by atoms with E-state index in [4.69, 9.17) is 9.15 Å². The molecule has 5 rings (SSSR count). The van der Waals surface area contributed by atoms with Gasteiger partial charge in [-0.2, -0.15) is 0 Å². The number of furan rings is 1. The van der Waals surface area contributed by atoms with Crippen LogP contribution in [0.5, 0.6) is 0 Å². The summed E-state index contributed by atoms with van der Waals surface area (Å²) in [7, 11) is 0. The van der Waals surface area contributed by atoms with E-state index in [1.54, 1.807) is 6.07 Å². The van der Waals surface area contributed by atoms with Gasteiger partial charge in [-0.25, -0.2) is 9.59 Å². The van der Waals surface area contributed by atoms with Crippen molar-refractivity contribution in [2.45, 2.75) is 44.1 Å². The number of hydrogen-bond acceptors (Lipinski definition) is 5. The zero-order valence-electron chi connectivity index (χ0n) is 14.3. The number of rotatable bonds is 4. The first-order valence-electron chi connectivity index (χ1n) is 8.95. The molecule has 26 heavy (non-hydrogen) atoms. The maximum Gasteiger partial charge on any atom is 0.374 e. The Bertz CT molecular complexity index is 708. The minimum atomic E-state index is -0.757. The van der Waals surface area contributed by atoms with Crippen molar-refractivity contribution in [2.75, 3.05) is 6.61 Å². The van der Waals surface area contributed by atoms with Crippen molar-refractivity contribution >= 4 is 33.8 Å². The fraction of sp³-hybridized carbons (Fsp3) is 0.611. The number of esters is 1. The van der Waals surface area contributed by atoms with Gasteiger partial charge in [-0.3, -0.25) is 10.1 Å². The molecule has 0 spiro atoms. The molecule has 1 aromatic rings. The molecule has 4 fully saturated rings. The fourth-order valence-electron chi connectivity index (χ4n) is 5.32. The summed E-state index contributed by atoms with van der Waals surface area (Å²) in [5.41, 5.74) is -0.170. The summed E-state index contributed by atoms with van der Waals surface area (Å²) in [6.45, 7) is -0.536. The normalized spacial score (nSPS) is 31.5. The van der Waals surface area contributed by atoms with Crippen molar-refractivity contribution < 1.29 is 23.5 Å². The topological polar surface area (TPSA) is 97.6 Å². The van der Waals surface area contributed by atoms with E-state index in [1.165, 1.54) is 25.3 Å². The Morgan fingerprint density at radius 2 is 1.73 bits per heavy atom. The molecule has 7 nitrogen and oxygen atoms in total. The van der Waals surface area contributed by atoms with Crippen LogP contribution in [-0.2, 0) is 9.53 Å². The summed E-state index contributed by atoms with van der Waals surface area (Å²) in [4.78, 5) is 35.9. The Morgan fingerprint density at radius 1 is 1.12 bits per heavy atom. The first-order valence-corrected chi connectivity index (χ1v) is 9.74. The summed E-state index contributed by atoms with van der Waals surface area (Å²) in [5.74, 6) is 0.670. The minimum Gasteiger partial charge on any atom is -0.450 e. The van der Waals surface area contributed by atoms with E-state index < -0.39 is 24.5 Å². The summed E-state index contributed by atoms with van der Waals surface area (Å²) in [6, 6.07) is 2.48. The van der Waals surface area contributed by atoms with Gasteiger partial charge in [0.25, 0.3) is 5.91 Å². The van der Waals surface area contributed by atoms with E-state index in [-0.39, 0.29) is 11.3 Å². The molecule has 0 aliphatic heterocycles. The Hall–Kier alpha value is -1.83. The number of imide groups is 1. The molecule has 4 bridgehead atoms. The van der Waals surface area contributed by atoms with Crippen LogP contribution < -0.4 is 10.6 Å². The van der Waals surface area contributed by atoms with Gasteiger partial charge in [-0.1, -0.05) is 0 Å². The predicted octanol–water partition coefficient (Wildman–Crippen LogP) is 2.99. The van der Waals surface area contributed by atoms with Gasteiger partial charge in [0.15, 0.2) is 11.3 Å². The lowest BCUT2D eigenvalue weighted by atomic mass is 9.53. The summed E-state index contributed by atoms with van der Waals surface area (Å²) >= 11 is 3.08. The summed E-state index contributed by atoms with van der Waals surface area (Å²) in [5, 5.41) is 5.30. The van der Waals surface area contributed by atoms with Crippen molar-refractivity contribution in [3.63, 3.8) is 0 Å². The zero-order valence-corrected chi connectivity index (χ0v) is 15.8. The van der Waals surface area contributed by atoms with Crippen molar-refractivity contribution in [1.82, 2.24) is 10.6 Å². The van der Waals surface area contributed by atoms with E-state index in [1.807, 2.05) is 0 Å². The third kappa shape index (κ3) is 3.65. The number of nitrogens with one attached hydrogen (secondary N) is 2. The second-order valence-electron chi connectivity index (χ2n) is 7.88. The molecule has 2 N–H and O–H groups in total. The maximum atomic E-state index is 12.2. The third-order valence-corrected chi connectivity index (χ3v) is 6.20. The minimum absolute atomic E-state index is 0.0114. The molecule has 8 heteroatoms. The van der Waals surface area contributed by atoms with Crippen LogP contribution in [-0.4, -0.2) is 30.1 Å². The molecule has 4 aliphatic carbocycles. The number of carbonyl (C=O) groups excluding carboxylic acids is 3. The van der Waals surface area contributed by atoms with E-state index in [0.29, 0.717) is 22.4 Å². The maximum absolute atomic E-state index is 12.2. The van der Waals surface area contributed by atoms with Gasteiger partial charge < -0.3 is 14.5 Å². The molecule has 1 heterocycles. The smallest absolute Gasteiger partial charge is 0.374 e. The van der Waals surface area contributed by atoms with Gasteiger partial charge in [0.1, 0.15) is 0 Å². The van der Waals surface area contributed by atoms with Crippen LogP contribution in [0.25, 0.3) is 0 Å². The van der Waals surface area contributed by atoms with Crippen LogP contribution in [0, 0.1) is 17.8 Å². The fourth-order valence-corrected chi connectivity index (χ4v) is 5.63. The second kappa shape index (κ2) is 6.72. The second-order valence-corrected chi connectivity index (χ2v) is 8.66. The van der Waals surface area contributed by atoms with Crippen LogP contribution in [0.3, 0.4) is 0 Å². The molecule has 4 aliphatic rings. The average Bonchev–Trinajstić information content (AvgIpc) is 2.97. The van der Waals surface area contributed by atoms with Crippen LogP contribution in [0.4, 0.5) is 4.79 Å². The van der Waals surface area contributed by atoms with Crippen LogP contribution in [0.15, 0.2) is 21.2 Å². The molecule has 4 saturated carbocycles. The number of hydrogen-bond donors (Lipinski definition) is 2. The summed E-state index contributed by atoms with van der Waals surface area (Å²) < 4.78 is 10.3. The highest BCUT2D eigenvalue weighted by Crippen LogP contribution is 2.55. The van der Waals surface area contributed by atoms with Gasteiger partial charge >= 0.3 is 12.0 Å². The number of ether oxygens (including phenoxy) is 1. The predicted molar refractivity (Wildman–Crippen MR) is 94.3 cm³/mol. The molecular weight excluding hydrogens is 404 g/mol. The highest BCUT2D eigenvalue weighted by molar-refractivity contribution is 9.10. The molecule has 0 saturated heterocycles. The molecule has 0 atom stereocenters. The Morgan fingerprint density at radius 3 is 2.27 bits per heavy atom. The van der Waals surface area contributed by atoms with Gasteiger partial charge in [-0.05, 0) is 84.3 Å². The largest absolute Gasteiger partial charge is 0.450 e.